The summed E-state index contributed by atoms with van der Waals surface area (Å²) in [4.78, 5) is 38.6. The predicted molar refractivity (Wildman–Crippen MR) is 109 cm³/mol. The Morgan fingerprint density at radius 2 is 1.97 bits per heavy atom. The summed E-state index contributed by atoms with van der Waals surface area (Å²) >= 11 is 6.38. The summed E-state index contributed by atoms with van der Waals surface area (Å²) in [7, 11) is 1.49. The zero-order valence-corrected chi connectivity index (χ0v) is 17.5. The minimum absolute atomic E-state index is 0.0534. The lowest BCUT2D eigenvalue weighted by Gasteiger charge is -2.31. The van der Waals surface area contributed by atoms with Gasteiger partial charge in [0.25, 0.3) is 11.8 Å². The molecule has 1 aromatic carbocycles. The minimum atomic E-state index is -0.718. The molecule has 1 saturated heterocycles. The number of barbiturate groups is 1. The lowest BCUT2D eigenvalue weighted by Crippen LogP contribution is -2.57. The third-order valence-electron chi connectivity index (χ3n) is 5.28. The number of benzene rings is 1. The third-order valence-corrected chi connectivity index (χ3v) is 5.56. The van der Waals surface area contributed by atoms with Gasteiger partial charge in [-0.1, -0.05) is 31.4 Å². The molecule has 0 bridgehead atoms. The molecule has 29 heavy (non-hydrogen) atoms. The van der Waals surface area contributed by atoms with Crippen molar-refractivity contribution in [2.24, 2.45) is 0 Å². The summed E-state index contributed by atoms with van der Waals surface area (Å²) in [6.07, 6.45) is 5.59. The molecular weight excluding hydrogens is 396 g/mol. The van der Waals surface area contributed by atoms with E-state index in [-0.39, 0.29) is 17.7 Å². The fourth-order valence-electron chi connectivity index (χ4n) is 3.55. The van der Waals surface area contributed by atoms with Crippen LogP contribution in [-0.4, -0.2) is 42.0 Å². The topological polar surface area (TPSA) is 84.9 Å². The molecule has 7 nitrogen and oxygen atoms in total. The first-order valence-corrected chi connectivity index (χ1v) is 10.2. The molecular formula is C21H25ClN2O5. The summed E-state index contributed by atoms with van der Waals surface area (Å²) < 4.78 is 11.2. The lowest BCUT2D eigenvalue weighted by molar-refractivity contribution is -0.131. The molecule has 0 aromatic heterocycles. The van der Waals surface area contributed by atoms with Gasteiger partial charge in [-0.05, 0) is 50.0 Å². The quantitative estimate of drug-likeness (QED) is 0.556. The van der Waals surface area contributed by atoms with Gasteiger partial charge in [0, 0.05) is 6.04 Å². The van der Waals surface area contributed by atoms with Gasteiger partial charge in [0.15, 0.2) is 11.5 Å². The van der Waals surface area contributed by atoms with E-state index >= 15 is 0 Å². The molecule has 1 saturated carbocycles. The Hall–Kier alpha value is -2.54. The molecule has 3 rings (SSSR count). The van der Waals surface area contributed by atoms with E-state index < -0.39 is 17.8 Å². The van der Waals surface area contributed by atoms with Crippen molar-refractivity contribution in [2.75, 3.05) is 7.11 Å². The fraction of sp³-hybridized carbons (Fsp3) is 0.476. The van der Waals surface area contributed by atoms with E-state index in [0.717, 1.165) is 32.1 Å². The zero-order chi connectivity index (χ0) is 21.1. The van der Waals surface area contributed by atoms with Crippen LogP contribution in [0.1, 0.15) is 51.5 Å². The van der Waals surface area contributed by atoms with Crippen LogP contribution in [-0.2, 0) is 9.59 Å². The van der Waals surface area contributed by atoms with Crippen LogP contribution in [0, 0.1) is 0 Å². The molecule has 1 heterocycles. The average Bonchev–Trinajstić information content (AvgIpc) is 3.20. The maximum absolute atomic E-state index is 12.9. The van der Waals surface area contributed by atoms with Crippen molar-refractivity contribution < 1.29 is 23.9 Å². The highest BCUT2D eigenvalue weighted by Gasteiger charge is 2.40. The smallest absolute Gasteiger partial charge is 0.331 e. The van der Waals surface area contributed by atoms with Gasteiger partial charge in [-0.25, -0.2) is 4.79 Å². The van der Waals surface area contributed by atoms with Gasteiger partial charge in [-0.3, -0.25) is 19.8 Å². The standard InChI is InChI=1S/C21H25ClN2O5/c1-4-12(2)29-18-16(22)10-13(11-17(18)28-3)9-15-19(25)23-21(27)24(20(15)26)14-7-5-6-8-14/h9-12,14H,4-8H2,1-3H3,(H,23,25,27)/b15-9+/t12-/m0/s1. The van der Waals surface area contributed by atoms with Crippen molar-refractivity contribution in [1.29, 1.82) is 0 Å². The van der Waals surface area contributed by atoms with Crippen molar-refractivity contribution in [1.82, 2.24) is 10.2 Å². The summed E-state index contributed by atoms with van der Waals surface area (Å²) in [5.74, 6) is -0.491. The molecule has 1 atom stereocenters. The van der Waals surface area contributed by atoms with Crippen LogP contribution in [0.2, 0.25) is 5.02 Å². The number of methoxy groups -OCH3 is 1. The van der Waals surface area contributed by atoms with Crippen LogP contribution in [0.3, 0.4) is 0 Å². The maximum atomic E-state index is 12.9. The minimum Gasteiger partial charge on any atom is -0.493 e. The van der Waals surface area contributed by atoms with Crippen molar-refractivity contribution in [3.8, 4) is 11.5 Å². The number of hydrogen-bond donors (Lipinski definition) is 1. The van der Waals surface area contributed by atoms with E-state index in [1.54, 1.807) is 12.1 Å². The molecule has 1 aliphatic carbocycles. The van der Waals surface area contributed by atoms with Gasteiger partial charge in [0.1, 0.15) is 5.57 Å². The molecule has 1 aliphatic heterocycles. The summed E-state index contributed by atoms with van der Waals surface area (Å²) in [5, 5.41) is 2.57. The van der Waals surface area contributed by atoms with Crippen LogP contribution in [0.15, 0.2) is 17.7 Å². The Bertz CT molecular complexity index is 861. The van der Waals surface area contributed by atoms with Crippen molar-refractivity contribution in [3.05, 3.63) is 28.3 Å². The number of amides is 4. The number of carbonyl (C=O) groups is 3. The Balaban J connectivity index is 1.95. The average molecular weight is 421 g/mol. The number of imide groups is 2. The first kappa shape index (κ1) is 21.2. The third kappa shape index (κ3) is 4.40. The summed E-state index contributed by atoms with van der Waals surface area (Å²) in [5.41, 5.74) is 0.396. The van der Waals surface area contributed by atoms with E-state index in [1.807, 2.05) is 13.8 Å². The molecule has 1 aromatic rings. The molecule has 0 radical (unpaired) electrons. The second kappa shape index (κ2) is 8.86. The van der Waals surface area contributed by atoms with Crippen molar-refractivity contribution in [3.63, 3.8) is 0 Å². The second-order valence-electron chi connectivity index (χ2n) is 7.30. The van der Waals surface area contributed by atoms with Gasteiger partial charge < -0.3 is 9.47 Å². The van der Waals surface area contributed by atoms with Crippen molar-refractivity contribution >= 4 is 35.5 Å². The number of urea groups is 1. The largest absolute Gasteiger partial charge is 0.493 e. The van der Waals surface area contributed by atoms with E-state index in [9.17, 15) is 14.4 Å². The Morgan fingerprint density at radius 1 is 1.28 bits per heavy atom. The number of halogens is 1. The molecule has 1 N–H and O–H groups in total. The lowest BCUT2D eigenvalue weighted by atomic mass is 10.0. The molecule has 4 amide bonds. The predicted octanol–water partition coefficient (Wildman–Crippen LogP) is 3.93. The molecule has 156 valence electrons. The van der Waals surface area contributed by atoms with Gasteiger partial charge in [0.05, 0.1) is 18.2 Å². The second-order valence-corrected chi connectivity index (χ2v) is 7.71. The number of hydrogen-bond acceptors (Lipinski definition) is 5. The highest BCUT2D eigenvalue weighted by atomic mass is 35.5. The number of nitrogens with zero attached hydrogens (tertiary/aromatic N) is 1. The first-order chi connectivity index (χ1) is 13.8. The molecule has 2 fully saturated rings. The highest BCUT2D eigenvalue weighted by molar-refractivity contribution is 6.33. The van der Waals surface area contributed by atoms with Gasteiger partial charge in [-0.2, -0.15) is 0 Å². The van der Waals surface area contributed by atoms with Crippen LogP contribution in [0.25, 0.3) is 6.08 Å². The molecule has 0 spiro atoms. The highest BCUT2D eigenvalue weighted by Crippen LogP contribution is 2.38. The van der Waals surface area contributed by atoms with E-state index in [2.05, 4.69) is 5.32 Å². The van der Waals surface area contributed by atoms with Crippen molar-refractivity contribution in [2.45, 2.75) is 58.1 Å². The van der Waals surface area contributed by atoms with E-state index in [4.69, 9.17) is 21.1 Å². The van der Waals surface area contributed by atoms with Crippen LogP contribution in [0.4, 0.5) is 4.79 Å². The first-order valence-electron chi connectivity index (χ1n) is 9.80. The maximum Gasteiger partial charge on any atom is 0.331 e. The molecule has 8 heteroatoms. The monoisotopic (exact) mass is 420 g/mol. The number of carbonyl (C=O) groups excluding carboxylic acids is 3. The Kier molecular flexibility index (Phi) is 6.47. The fourth-order valence-corrected chi connectivity index (χ4v) is 3.82. The normalized spacial score (nSPS) is 20.2. The van der Waals surface area contributed by atoms with Crippen LogP contribution in [0.5, 0.6) is 11.5 Å². The van der Waals surface area contributed by atoms with Gasteiger partial charge in [0.2, 0.25) is 0 Å². The molecule has 0 unspecified atom stereocenters. The number of ether oxygens (including phenoxy) is 2. The van der Waals surface area contributed by atoms with Crippen LogP contribution >= 0.6 is 11.6 Å². The van der Waals surface area contributed by atoms with E-state index in [0.29, 0.717) is 22.1 Å². The Morgan fingerprint density at radius 3 is 2.59 bits per heavy atom. The number of nitrogens with one attached hydrogen (secondary N) is 1. The van der Waals surface area contributed by atoms with Gasteiger partial charge >= 0.3 is 6.03 Å². The summed E-state index contributed by atoms with van der Waals surface area (Å²) in [6, 6.07) is 2.42. The number of rotatable bonds is 6. The zero-order valence-electron chi connectivity index (χ0n) is 16.8. The van der Waals surface area contributed by atoms with Gasteiger partial charge in [-0.15, -0.1) is 0 Å². The summed E-state index contributed by atoms with van der Waals surface area (Å²) in [6.45, 7) is 3.92. The molecule has 2 aliphatic rings. The Labute approximate surface area is 175 Å². The SMILES string of the molecule is CC[C@H](C)Oc1c(Cl)cc(/C=C2\C(=O)NC(=O)N(C3CCCC3)C2=O)cc1OC. The van der Waals surface area contributed by atoms with Crippen LogP contribution < -0.4 is 14.8 Å². The van der Waals surface area contributed by atoms with E-state index in [1.165, 1.54) is 18.1 Å².